The molecule has 0 aromatic heterocycles. The molecule has 1 rings (SSSR count). The van der Waals surface area contributed by atoms with Crippen LogP contribution >= 0.6 is 0 Å². The summed E-state index contributed by atoms with van der Waals surface area (Å²) >= 11 is 0. The van der Waals surface area contributed by atoms with Gasteiger partial charge in [0.1, 0.15) is 0 Å². The Balaban J connectivity index is 3.12. The molecule has 0 atom stereocenters. The molecule has 0 saturated carbocycles. The number of hydroxylamine groups is 1. The van der Waals surface area contributed by atoms with E-state index >= 15 is 0 Å². The van der Waals surface area contributed by atoms with Crippen LogP contribution in [-0.4, -0.2) is 12.3 Å². The monoisotopic (exact) mass is 165 g/mol. The van der Waals surface area contributed by atoms with Gasteiger partial charge in [-0.25, -0.2) is 0 Å². The van der Waals surface area contributed by atoms with Crippen LogP contribution in [-0.2, 0) is 6.42 Å². The van der Waals surface area contributed by atoms with Gasteiger partial charge in [-0.05, 0) is 30.5 Å². The molecule has 0 aliphatic rings. The van der Waals surface area contributed by atoms with Crippen molar-refractivity contribution in [2.75, 3.05) is 12.1 Å². The second-order valence-corrected chi connectivity index (χ2v) is 3.01. The lowest BCUT2D eigenvalue weighted by atomic mass is 10.1. The smallest absolute Gasteiger partial charge is 0.0665 e. The van der Waals surface area contributed by atoms with E-state index in [0.717, 1.165) is 12.1 Å². The summed E-state index contributed by atoms with van der Waals surface area (Å²) in [5.41, 5.74) is 3.24. The molecule has 0 heterocycles. The minimum absolute atomic E-state index is 0.900. The van der Waals surface area contributed by atoms with Gasteiger partial charge in [-0.15, -0.1) is 0 Å². The molecule has 2 heteroatoms. The van der Waals surface area contributed by atoms with E-state index in [9.17, 15) is 5.21 Å². The van der Waals surface area contributed by atoms with Gasteiger partial charge in [0.25, 0.3) is 0 Å². The molecule has 1 aromatic rings. The lowest BCUT2D eigenvalue weighted by Crippen LogP contribution is -2.12. The predicted octanol–water partition coefficient (Wildman–Crippen LogP) is 2.38. The average Bonchev–Trinajstić information content (AvgIpc) is 2.04. The van der Waals surface area contributed by atoms with E-state index in [4.69, 9.17) is 0 Å². The fourth-order valence-corrected chi connectivity index (χ4v) is 1.27. The van der Waals surface area contributed by atoms with Crippen LogP contribution in [0.5, 0.6) is 0 Å². The van der Waals surface area contributed by atoms with Crippen LogP contribution in [0.4, 0.5) is 5.69 Å². The standard InChI is InChI=1S/C10H15NO/c1-4-9-6-5-8(2)7-10(9)11(3)12/h5-7,12H,4H2,1-3H3. The first kappa shape index (κ1) is 9.07. The molecule has 0 unspecified atom stereocenters. The lowest BCUT2D eigenvalue weighted by Gasteiger charge is -2.15. The highest BCUT2D eigenvalue weighted by atomic mass is 16.5. The highest BCUT2D eigenvalue weighted by Crippen LogP contribution is 2.20. The molecule has 0 aliphatic carbocycles. The van der Waals surface area contributed by atoms with Gasteiger partial charge >= 0.3 is 0 Å². The summed E-state index contributed by atoms with van der Waals surface area (Å²) in [4.78, 5) is 0. The third kappa shape index (κ3) is 1.77. The molecule has 2 nitrogen and oxygen atoms in total. The zero-order valence-electron chi connectivity index (χ0n) is 7.83. The Morgan fingerprint density at radius 1 is 1.42 bits per heavy atom. The maximum Gasteiger partial charge on any atom is 0.0665 e. The van der Waals surface area contributed by atoms with E-state index in [1.54, 1.807) is 7.05 Å². The highest BCUT2D eigenvalue weighted by molar-refractivity contribution is 5.52. The summed E-state index contributed by atoms with van der Waals surface area (Å²) in [5, 5.41) is 10.5. The van der Waals surface area contributed by atoms with Crippen LogP contribution in [0.2, 0.25) is 0 Å². The van der Waals surface area contributed by atoms with E-state index in [0.29, 0.717) is 0 Å². The molecule has 0 amide bonds. The molecule has 0 fully saturated rings. The van der Waals surface area contributed by atoms with Crippen molar-refractivity contribution in [1.82, 2.24) is 0 Å². The molecule has 1 N–H and O–H groups in total. The number of rotatable bonds is 2. The van der Waals surface area contributed by atoms with Crippen LogP contribution < -0.4 is 5.06 Å². The van der Waals surface area contributed by atoms with Crippen molar-refractivity contribution in [3.8, 4) is 0 Å². The molecule has 0 radical (unpaired) electrons. The Morgan fingerprint density at radius 2 is 2.08 bits per heavy atom. The highest BCUT2D eigenvalue weighted by Gasteiger charge is 2.03. The molecule has 12 heavy (non-hydrogen) atoms. The first-order valence-corrected chi connectivity index (χ1v) is 4.17. The Bertz CT molecular complexity index is 269. The predicted molar refractivity (Wildman–Crippen MR) is 50.7 cm³/mol. The van der Waals surface area contributed by atoms with Gasteiger partial charge in [0, 0.05) is 7.05 Å². The van der Waals surface area contributed by atoms with E-state index in [1.165, 1.54) is 16.2 Å². The number of benzene rings is 1. The maximum absolute atomic E-state index is 9.29. The van der Waals surface area contributed by atoms with Crippen molar-refractivity contribution in [1.29, 1.82) is 0 Å². The van der Waals surface area contributed by atoms with Crippen LogP contribution in [0.3, 0.4) is 0 Å². The molecular weight excluding hydrogens is 150 g/mol. The first-order valence-electron chi connectivity index (χ1n) is 4.17. The van der Waals surface area contributed by atoms with Crippen molar-refractivity contribution in [2.24, 2.45) is 0 Å². The third-order valence-electron chi connectivity index (χ3n) is 1.97. The van der Waals surface area contributed by atoms with Gasteiger partial charge in [-0.1, -0.05) is 19.1 Å². The topological polar surface area (TPSA) is 23.5 Å². The van der Waals surface area contributed by atoms with Crippen molar-refractivity contribution >= 4 is 5.69 Å². The summed E-state index contributed by atoms with van der Waals surface area (Å²) in [7, 11) is 1.65. The SMILES string of the molecule is CCc1ccc(C)cc1N(C)O. The van der Waals surface area contributed by atoms with Crippen LogP contribution in [0.25, 0.3) is 0 Å². The molecule has 0 spiro atoms. The third-order valence-corrected chi connectivity index (χ3v) is 1.97. The van der Waals surface area contributed by atoms with Crippen molar-refractivity contribution in [3.63, 3.8) is 0 Å². The average molecular weight is 165 g/mol. The molecule has 0 bridgehead atoms. The Labute approximate surface area is 73.4 Å². The quantitative estimate of drug-likeness (QED) is 0.680. The van der Waals surface area contributed by atoms with E-state index in [-0.39, 0.29) is 0 Å². The summed E-state index contributed by atoms with van der Waals surface area (Å²) < 4.78 is 0. The Kier molecular flexibility index (Phi) is 2.71. The number of anilines is 1. The van der Waals surface area contributed by atoms with Gasteiger partial charge in [0.15, 0.2) is 0 Å². The van der Waals surface area contributed by atoms with E-state index in [2.05, 4.69) is 19.1 Å². The number of hydrogen-bond acceptors (Lipinski definition) is 2. The summed E-state index contributed by atoms with van der Waals surface area (Å²) in [5.74, 6) is 0. The fraction of sp³-hybridized carbons (Fsp3) is 0.400. The summed E-state index contributed by atoms with van der Waals surface area (Å²) in [6, 6.07) is 6.10. The normalized spacial score (nSPS) is 10.0. The minimum Gasteiger partial charge on any atom is -0.289 e. The molecule has 1 aromatic carbocycles. The van der Waals surface area contributed by atoms with Crippen molar-refractivity contribution < 1.29 is 5.21 Å². The number of aryl methyl sites for hydroxylation is 2. The molecule has 66 valence electrons. The van der Waals surface area contributed by atoms with Gasteiger partial charge in [-0.2, -0.15) is 0 Å². The van der Waals surface area contributed by atoms with Crippen molar-refractivity contribution in [3.05, 3.63) is 29.3 Å². The zero-order valence-corrected chi connectivity index (χ0v) is 7.83. The fourth-order valence-electron chi connectivity index (χ4n) is 1.27. The largest absolute Gasteiger partial charge is 0.289 e. The maximum atomic E-state index is 9.29. The Morgan fingerprint density at radius 3 is 2.58 bits per heavy atom. The second-order valence-electron chi connectivity index (χ2n) is 3.01. The first-order chi connectivity index (χ1) is 5.65. The molecule has 0 saturated heterocycles. The Hall–Kier alpha value is -1.02. The van der Waals surface area contributed by atoms with Crippen LogP contribution in [0, 0.1) is 6.92 Å². The minimum atomic E-state index is 0.900. The molecule has 0 aliphatic heterocycles. The van der Waals surface area contributed by atoms with Crippen LogP contribution in [0.15, 0.2) is 18.2 Å². The summed E-state index contributed by atoms with van der Waals surface area (Å²) in [6.07, 6.45) is 0.945. The summed E-state index contributed by atoms with van der Waals surface area (Å²) in [6.45, 7) is 4.10. The van der Waals surface area contributed by atoms with Crippen molar-refractivity contribution in [2.45, 2.75) is 20.3 Å². The van der Waals surface area contributed by atoms with Gasteiger partial charge in [-0.3, -0.25) is 10.3 Å². The second kappa shape index (κ2) is 3.59. The van der Waals surface area contributed by atoms with Crippen LogP contribution in [0.1, 0.15) is 18.1 Å². The van der Waals surface area contributed by atoms with Gasteiger partial charge in [0.2, 0.25) is 0 Å². The van der Waals surface area contributed by atoms with E-state index < -0.39 is 0 Å². The number of hydrogen-bond donors (Lipinski definition) is 1. The van der Waals surface area contributed by atoms with Gasteiger partial charge in [0.05, 0.1) is 5.69 Å². The zero-order chi connectivity index (χ0) is 9.14. The van der Waals surface area contributed by atoms with E-state index in [1.807, 2.05) is 13.0 Å². The lowest BCUT2D eigenvalue weighted by molar-refractivity contribution is 0.278. The van der Waals surface area contributed by atoms with Gasteiger partial charge < -0.3 is 0 Å². The molecular formula is C10H15NO. The number of nitrogens with zero attached hydrogens (tertiary/aromatic N) is 1.